The molecule has 1 heteroatoms. The van der Waals surface area contributed by atoms with Crippen LogP contribution in [0.15, 0.2) is 18.2 Å². The van der Waals surface area contributed by atoms with Crippen molar-refractivity contribution in [3.05, 3.63) is 35.6 Å². The predicted octanol–water partition coefficient (Wildman–Crippen LogP) is 5.70. The maximum absolute atomic E-state index is 13.3. The quantitative estimate of drug-likeness (QED) is 0.467. The fourth-order valence-corrected chi connectivity index (χ4v) is 2.27. The molecule has 0 unspecified atom stereocenters. The lowest BCUT2D eigenvalue weighted by molar-refractivity contribution is 0.557. The van der Waals surface area contributed by atoms with Gasteiger partial charge in [0.2, 0.25) is 0 Å². The number of rotatable bonds is 10. The Morgan fingerprint density at radius 2 is 1.56 bits per heavy atom. The first-order valence-corrected chi connectivity index (χ1v) is 7.49. The van der Waals surface area contributed by atoms with Crippen LogP contribution in [0.4, 0.5) is 4.39 Å². The third kappa shape index (κ3) is 6.78. The van der Waals surface area contributed by atoms with Gasteiger partial charge in [-0.25, -0.2) is 4.39 Å². The maximum Gasteiger partial charge on any atom is 0.127 e. The fraction of sp³-hybridized carbons (Fsp3) is 0.647. The lowest BCUT2D eigenvalue weighted by Crippen LogP contribution is -1.90. The molecule has 0 bridgehead atoms. The molecule has 0 aromatic heterocycles. The van der Waals surface area contributed by atoms with Crippen molar-refractivity contribution >= 4 is 0 Å². The maximum atomic E-state index is 13.3. The van der Waals surface area contributed by atoms with Crippen molar-refractivity contribution in [3.63, 3.8) is 0 Å². The second-order valence-electron chi connectivity index (χ2n) is 5.10. The number of aryl methyl sites for hydroxylation is 1. The van der Waals surface area contributed by atoms with E-state index in [1.165, 1.54) is 57.4 Å². The molecular weight excluding hydrogens is 223 g/mol. The summed E-state index contributed by atoms with van der Waals surface area (Å²) in [6, 6.07) is 7.84. The molecule has 0 saturated carbocycles. The minimum absolute atomic E-state index is 0.0999. The molecule has 0 N–H and O–H groups in total. The van der Waals surface area contributed by atoms with Gasteiger partial charge in [-0.3, -0.25) is 0 Å². The van der Waals surface area contributed by atoms with E-state index in [2.05, 4.69) is 13.0 Å². The molecule has 1 aromatic carbocycles. The molecule has 0 nitrogen and oxygen atoms in total. The van der Waals surface area contributed by atoms with Gasteiger partial charge in [-0.2, -0.15) is 0 Å². The van der Waals surface area contributed by atoms with Crippen LogP contribution in [-0.4, -0.2) is 0 Å². The number of hydrogen-bond acceptors (Lipinski definition) is 0. The molecule has 0 fully saturated rings. The van der Waals surface area contributed by atoms with Crippen LogP contribution >= 0.6 is 0 Å². The summed E-state index contributed by atoms with van der Waals surface area (Å²) in [7, 11) is 0. The molecule has 1 rings (SSSR count). The van der Waals surface area contributed by atoms with E-state index in [4.69, 9.17) is 0 Å². The van der Waals surface area contributed by atoms with Crippen molar-refractivity contribution in [1.29, 1.82) is 0 Å². The Morgan fingerprint density at radius 1 is 0.944 bits per heavy atom. The largest absolute Gasteiger partial charge is 0.207 e. The SMILES string of the molecule is CCCCCCCCCCCc1cc[c]cc1F. The van der Waals surface area contributed by atoms with Crippen molar-refractivity contribution in [3.8, 4) is 0 Å². The fourth-order valence-electron chi connectivity index (χ4n) is 2.27. The molecule has 0 aliphatic carbocycles. The van der Waals surface area contributed by atoms with Crippen LogP contribution in [0.2, 0.25) is 0 Å². The Labute approximate surface area is 112 Å². The summed E-state index contributed by atoms with van der Waals surface area (Å²) >= 11 is 0. The first-order chi connectivity index (χ1) is 8.84. The zero-order valence-corrected chi connectivity index (χ0v) is 11.7. The minimum Gasteiger partial charge on any atom is -0.207 e. The topological polar surface area (TPSA) is 0 Å². The van der Waals surface area contributed by atoms with Gasteiger partial charge >= 0.3 is 0 Å². The van der Waals surface area contributed by atoms with E-state index in [0.717, 1.165) is 18.4 Å². The highest BCUT2D eigenvalue weighted by Gasteiger charge is 1.99. The van der Waals surface area contributed by atoms with Crippen LogP contribution < -0.4 is 0 Å². The van der Waals surface area contributed by atoms with Crippen molar-refractivity contribution in [2.75, 3.05) is 0 Å². The Kier molecular flexibility index (Phi) is 8.54. The van der Waals surface area contributed by atoms with Crippen molar-refractivity contribution in [2.24, 2.45) is 0 Å². The Bertz CT molecular complexity index is 306. The molecule has 1 aromatic rings. The Balaban J connectivity index is 1.94. The summed E-state index contributed by atoms with van der Waals surface area (Å²) in [4.78, 5) is 0. The van der Waals surface area contributed by atoms with Crippen molar-refractivity contribution in [2.45, 2.75) is 71.1 Å². The van der Waals surface area contributed by atoms with Crippen molar-refractivity contribution in [1.82, 2.24) is 0 Å². The first kappa shape index (κ1) is 15.2. The number of unbranched alkanes of at least 4 members (excludes halogenated alkanes) is 8. The van der Waals surface area contributed by atoms with Crippen LogP contribution in [0.25, 0.3) is 0 Å². The van der Waals surface area contributed by atoms with Gasteiger partial charge in [-0.1, -0.05) is 70.4 Å². The summed E-state index contributed by atoms with van der Waals surface area (Å²) in [6.45, 7) is 2.25. The second kappa shape index (κ2) is 10.1. The van der Waals surface area contributed by atoms with E-state index in [0.29, 0.717) is 0 Å². The molecule has 101 valence electrons. The highest BCUT2D eigenvalue weighted by molar-refractivity contribution is 5.16. The summed E-state index contributed by atoms with van der Waals surface area (Å²) in [5.41, 5.74) is 0.844. The van der Waals surface area contributed by atoms with E-state index in [-0.39, 0.29) is 5.82 Å². The van der Waals surface area contributed by atoms with Gasteiger partial charge in [0.25, 0.3) is 0 Å². The van der Waals surface area contributed by atoms with Crippen LogP contribution in [0.3, 0.4) is 0 Å². The van der Waals surface area contributed by atoms with Gasteiger partial charge in [0.15, 0.2) is 0 Å². The highest BCUT2D eigenvalue weighted by Crippen LogP contribution is 2.13. The number of benzene rings is 1. The third-order valence-corrected chi connectivity index (χ3v) is 3.45. The molecule has 0 aliphatic heterocycles. The zero-order valence-electron chi connectivity index (χ0n) is 11.7. The van der Waals surface area contributed by atoms with Crippen LogP contribution in [-0.2, 0) is 6.42 Å². The summed E-state index contributed by atoms with van der Waals surface area (Å²) < 4.78 is 13.3. The molecule has 0 spiro atoms. The van der Waals surface area contributed by atoms with Crippen molar-refractivity contribution < 1.29 is 4.39 Å². The molecular formula is C17H26F. The molecule has 18 heavy (non-hydrogen) atoms. The predicted molar refractivity (Wildman–Crippen MR) is 76.2 cm³/mol. The second-order valence-corrected chi connectivity index (χ2v) is 5.10. The van der Waals surface area contributed by atoms with E-state index in [1.54, 1.807) is 6.07 Å². The number of halogens is 1. The normalized spacial score (nSPS) is 10.8. The smallest absolute Gasteiger partial charge is 0.127 e. The van der Waals surface area contributed by atoms with Crippen LogP contribution in [0.1, 0.15) is 70.3 Å². The Morgan fingerprint density at radius 3 is 2.17 bits per heavy atom. The van der Waals surface area contributed by atoms with E-state index >= 15 is 0 Å². The lowest BCUT2D eigenvalue weighted by atomic mass is 10.0. The standard InChI is InChI=1S/C17H26F/c1-2-3-4-5-6-7-8-9-10-13-16-14-11-12-15-17(16)18/h11,14-15H,2-10,13H2,1H3. The van der Waals surface area contributed by atoms with Gasteiger partial charge in [0, 0.05) is 0 Å². The van der Waals surface area contributed by atoms with Crippen LogP contribution in [0, 0.1) is 11.9 Å². The summed E-state index contributed by atoms with van der Waals surface area (Å²) in [5, 5.41) is 0. The summed E-state index contributed by atoms with van der Waals surface area (Å²) in [6.07, 6.45) is 12.7. The molecule has 0 saturated heterocycles. The van der Waals surface area contributed by atoms with Gasteiger partial charge in [-0.15, -0.1) is 0 Å². The van der Waals surface area contributed by atoms with Gasteiger partial charge in [0.05, 0.1) is 0 Å². The highest BCUT2D eigenvalue weighted by atomic mass is 19.1. The van der Waals surface area contributed by atoms with E-state index < -0.39 is 0 Å². The van der Waals surface area contributed by atoms with Gasteiger partial charge in [-0.05, 0) is 30.5 Å². The minimum atomic E-state index is -0.0999. The van der Waals surface area contributed by atoms with Crippen LogP contribution in [0.5, 0.6) is 0 Å². The Hall–Kier alpha value is -0.850. The number of hydrogen-bond donors (Lipinski definition) is 0. The van der Waals surface area contributed by atoms with Gasteiger partial charge in [0.1, 0.15) is 5.82 Å². The van der Waals surface area contributed by atoms with E-state index in [1.807, 2.05) is 6.07 Å². The van der Waals surface area contributed by atoms with Gasteiger partial charge < -0.3 is 0 Å². The monoisotopic (exact) mass is 249 g/mol. The van der Waals surface area contributed by atoms with E-state index in [9.17, 15) is 4.39 Å². The molecule has 0 atom stereocenters. The first-order valence-electron chi connectivity index (χ1n) is 7.49. The molecule has 0 amide bonds. The average molecular weight is 249 g/mol. The summed E-state index contributed by atoms with van der Waals surface area (Å²) in [5.74, 6) is -0.0999. The molecule has 0 heterocycles. The molecule has 1 radical (unpaired) electrons. The third-order valence-electron chi connectivity index (χ3n) is 3.45. The molecule has 0 aliphatic rings. The lowest BCUT2D eigenvalue weighted by Gasteiger charge is -2.03. The average Bonchev–Trinajstić information content (AvgIpc) is 2.39. The zero-order chi connectivity index (χ0) is 13.1.